The van der Waals surface area contributed by atoms with Crippen LogP contribution in [-0.4, -0.2) is 37.1 Å². The molecule has 102 valence electrons. The van der Waals surface area contributed by atoms with Gasteiger partial charge in [0, 0.05) is 19.1 Å². The molecule has 2 nitrogen and oxygen atoms in total. The topological polar surface area (TPSA) is 15.3 Å². The summed E-state index contributed by atoms with van der Waals surface area (Å²) in [5.74, 6) is 1.78. The van der Waals surface area contributed by atoms with Gasteiger partial charge in [-0.15, -0.1) is 0 Å². The predicted molar refractivity (Wildman–Crippen MR) is 76.4 cm³/mol. The maximum Gasteiger partial charge on any atom is 0.00676 e. The van der Waals surface area contributed by atoms with Crippen LogP contribution in [-0.2, 0) is 0 Å². The molecule has 3 atom stereocenters. The van der Waals surface area contributed by atoms with E-state index < -0.39 is 0 Å². The first kappa shape index (κ1) is 15.0. The first-order valence-electron chi connectivity index (χ1n) is 7.58. The van der Waals surface area contributed by atoms with Crippen LogP contribution in [0.5, 0.6) is 0 Å². The van der Waals surface area contributed by atoms with Gasteiger partial charge in [-0.3, -0.25) is 0 Å². The van der Waals surface area contributed by atoms with Crippen molar-refractivity contribution in [3.05, 3.63) is 0 Å². The molecule has 0 aromatic heterocycles. The quantitative estimate of drug-likeness (QED) is 0.688. The normalized spacial score (nSPS) is 28.2. The van der Waals surface area contributed by atoms with Gasteiger partial charge in [0.15, 0.2) is 0 Å². The Hall–Kier alpha value is -0.0800. The molecule has 0 spiro atoms. The van der Waals surface area contributed by atoms with E-state index in [4.69, 9.17) is 0 Å². The largest absolute Gasteiger partial charge is 0.317 e. The van der Waals surface area contributed by atoms with Crippen molar-refractivity contribution in [1.82, 2.24) is 10.2 Å². The second kappa shape index (κ2) is 8.10. The summed E-state index contributed by atoms with van der Waals surface area (Å²) in [6.45, 7) is 14.4. The van der Waals surface area contributed by atoms with Crippen molar-refractivity contribution >= 4 is 0 Å². The van der Waals surface area contributed by atoms with Gasteiger partial charge in [0.1, 0.15) is 0 Å². The maximum atomic E-state index is 3.49. The van der Waals surface area contributed by atoms with E-state index in [1.807, 2.05) is 0 Å². The standard InChI is InChI=1S/C15H32N2/c1-5-8-16-9-6-7-15(4)17-11-13(2)10-14(3)12-17/h13-16H,5-12H2,1-4H3. The van der Waals surface area contributed by atoms with E-state index in [0.29, 0.717) is 0 Å². The number of piperidine rings is 1. The number of hydrogen-bond donors (Lipinski definition) is 1. The Morgan fingerprint density at radius 3 is 2.41 bits per heavy atom. The van der Waals surface area contributed by atoms with Crippen molar-refractivity contribution in [2.45, 2.75) is 59.4 Å². The van der Waals surface area contributed by atoms with Crippen LogP contribution in [0.25, 0.3) is 0 Å². The Morgan fingerprint density at radius 1 is 1.18 bits per heavy atom. The monoisotopic (exact) mass is 240 g/mol. The van der Waals surface area contributed by atoms with Crippen LogP contribution in [0.2, 0.25) is 0 Å². The highest BCUT2D eigenvalue weighted by atomic mass is 15.2. The molecule has 1 aliphatic rings. The van der Waals surface area contributed by atoms with Crippen molar-refractivity contribution in [3.63, 3.8) is 0 Å². The van der Waals surface area contributed by atoms with Gasteiger partial charge in [-0.2, -0.15) is 0 Å². The summed E-state index contributed by atoms with van der Waals surface area (Å²) in [5, 5.41) is 3.49. The minimum absolute atomic E-state index is 0.767. The van der Waals surface area contributed by atoms with Gasteiger partial charge in [0.05, 0.1) is 0 Å². The molecule has 2 heteroatoms. The summed E-state index contributed by atoms with van der Waals surface area (Å²) in [4.78, 5) is 2.71. The smallest absolute Gasteiger partial charge is 0.00676 e. The summed E-state index contributed by atoms with van der Waals surface area (Å²) in [6, 6.07) is 0.767. The molecule has 1 aliphatic heterocycles. The van der Waals surface area contributed by atoms with E-state index in [0.717, 1.165) is 17.9 Å². The highest BCUT2D eigenvalue weighted by molar-refractivity contribution is 4.78. The van der Waals surface area contributed by atoms with Crippen LogP contribution in [0.3, 0.4) is 0 Å². The van der Waals surface area contributed by atoms with Crippen LogP contribution in [0.15, 0.2) is 0 Å². The van der Waals surface area contributed by atoms with E-state index in [1.54, 1.807) is 0 Å². The van der Waals surface area contributed by atoms with Gasteiger partial charge in [-0.1, -0.05) is 20.8 Å². The van der Waals surface area contributed by atoms with Crippen LogP contribution < -0.4 is 5.32 Å². The lowest BCUT2D eigenvalue weighted by Crippen LogP contribution is -2.44. The summed E-state index contributed by atoms with van der Waals surface area (Å²) < 4.78 is 0. The van der Waals surface area contributed by atoms with Gasteiger partial charge in [-0.05, 0) is 57.5 Å². The summed E-state index contributed by atoms with van der Waals surface area (Å²) >= 11 is 0. The molecule has 17 heavy (non-hydrogen) atoms. The third-order valence-corrected chi connectivity index (χ3v) is 3.92. The van der Waals surface area contributed by atoms with Crippen molar-refractivity contribution < 1.29 is 0 Å². The summed E-state index contributed by atoms with van der Waals surface area (Å²) in [5.41, 5.74) is 0. The lowest BCUT2D eigenvalue weighted by Gasteiger charge is -2.39. The molecule has 1 rings (SSSR count). The van der Waals surface area contributed by atoms with E-state index in [-0.39, 0.29) is 0 Å². The van der Waals surface area contributed by atoms with Gasteiger partial charge in [0.25, 0.3) is 0 Å². The van der Waals surface area contributed by atoms with Gasteiger partial charge >= 0.3 is 0 Å². The summed E-state index contributed by atoms with van der Waals surface area (Å²) in [6.07, 6.45) is 5.33. The molecule has 0 bridgehead atoms. The molecule has 0 aromatic carbocycles. The Kier molecular flexibility index (Phi) is 7.14. The summed E-state index contributed by atoms with van der Waals surface area (Å²) in [7, 11) is 0. The zero-order chi connectivity index (χ0) is 12.7. The highest BCUT2D eigenvalue weighted by Gasteiger charge is 2.24. The molecular formula is C15H32N2. The van der Waals surface area contributed by atoms with Crippen molar-refractivity contribution in [2.75, 3.05) is 26.2 Å². The Balaban J connectivity index is 2.15. The van der Waals surface area contributed by atoms with Crippen LogP contribution in [0, 0.1) is 11.8 Å². The Morgan fingerprint density at radius 2 is 1.82 bits per heavy atom. The fourth-order valence-electron chi connectivity index (χ4n) is 3.08. The van der Waals surface area contributed by atoms with Crippen molar-refractivity contribution in [2.24, 2.45) is 11.8 Å². The number of hydrogen-bond acceptors (Lipinski definition) is 2. The molecule has 1 heterocycles. The molecule has 1 fully saturated rings. The molecule has 1 saturated heterocycles. The van der Waals surface area contributed by atoms with Crippen LogP contribution >= 0.6 is 0 Å². The lowest BCUT2D eigenvalue weighted by molar-refractivity contribution is 0.0978. The maximum absolute atomic E-state index is 3.49. The molecule has 0 saturated carbocycles. The number of nitrogens with zero attached hydrogens (tertiary/aromatic N) is 1. The van der Waals surface area contributed by atoms with E-state index in [2.05, 4.69) is 37.9 Å². The SMILES string of the molecule is CCCNCCCC(C)N1CC(C)CC(C)C1. The fourth-order valence-corrected chi connectivity index (χ4v) is 3.08. The van der Waals surface area contributed by atoms with Crippen LogP contribution in [0.4, 0.5) is 0 Å². The number of nitrogens with one attached hydrogen (secondary N) is 1. The third kappa shape index (κ3) is 5.87. The first-order valence-corrected chi connectivity index (χ1v) is 7.58. The third-order valence-electron chi connectivity index (χ3n) is 3.92. The Labute approximate surface area is 108 Å². The zero-order valence-electron chi connectivity index (χ0n) is 12.3. The molecule has 3 unspecified atom stereocenters. The lowest BCUT2D eigenvalue weighted by atomic mass is 9.90. The average Bonchev–Trinajstić information content (AvgIpc) is 2.27. The molecule has 0 aromatic rings. The van der Waals surface area contributed by atoms with Crippen LogP contribution in [0.1, 0.15) is 53.4 Å². The zero-order valence-corrected chi connectivity index (χ0v) is 12.3. The predicted octanol–water partition coefficient (Wildman–Crippen LogP) is 3.13. The van der Waals surface area contributed by atoms with Gasteiger partial charge in [0.2, 0.25) is 0 Å². The first-order chi connectivity index (χ1) is 8.13. The van der Waals surface area contributed by atoms with E-state index in [1.165, 1.54) is 51.9 Å². The average molecular weight is 240 g/mol. The van der Waals surface area contributed by atoms with E-state index >= 15 is 0 Å². The number of rotatable bonds is 7. The molecule has 0 radical (unpaired) electrons. The van der Waals surface area contributed by atoms with Crippen molar-refractivity contribution in [1.29, 1.82) is 0 Å². The minimum Gasteiger partial charge on any atom is -0.317 e. The van der Waals surface area contributed by atoms with Crippen molar-refractivity contribution in [3.8, 4) is 0 Å². The molecule has 0 aliphatic carbocycles. The fraction of sp³-hybridized carbons (Fsp3) is 1.00. The van der Waals surface area contributed by atoms with Gasteiger partial charge < -0.3 is 10.2 Å². The molecular weight excluding hydrogens is 208 g/mol. The minimum atomic E-state index is 0.767. The second-order valence-corrected chi connectivity index (χ2v) is 6.14. The highest BCUT2D eigenvalue weighted by Crippen LogP contribution is 2.23. The second-order valence-electron chi connectivity index (χ2n) is 6.14. The van der Waals surface area contributed by atoms with E-state index in [9.17, 15) is 0 Å². The molecule has 0 amide bonds. The van der Waals surface area contributed by atoms with Gasteiger partial charge in [-0.25, -0.2) is 0 Å². The Bertz CT molecular complexity index is 183. The molecule has 1 N–H and O–H groups in total. The number of likely N-dealkylation sites (tertiary alicyclic amines) is 1.